The minimum Gasteiger partial charge on any atom is -0.493 e. The van der Waals surface area contributed by atoms with Gasteiger partial charge in [0, 0.05) is 29.2 Å². The topological polar surface area (TPSA) is 81.2 Å². The van der Waals surface area contributed by atoms with Gasteiger partial charge in [0.15, 0.2) is 17.2 Å². The first-order valence-electron chi connectivity index (χ1n) is 8.11. The highest BCUT2D eigenvalue weighted by atomic mass is 32.2. The van der Waals surface area contributed by atoms with Gasteiger partial charge in [0.25, 0.3) is 0 Å². The van der Waals surface area contributed by atoms with Gasteiger partial charge in [-0.15, -0.1) is 10.2 Å². The fraction of sp³-hybridized carbons (Fsp3) is 0.278. The third-order valence-corrected chi connectivity index (χ3v) is 5.59. The summed E-state index contributed by atoms with van der Waals surface area (Å²) in [6.45, 7) is 0. The first-order chi connectivity index (χ1) is 12.7. The normalized spacial score (nSPS) is 14.7. The molecule has 1 saturated heterocycles. The van der Waals surface area contributed by atoms with Crippen LogP contribution in [0.25, 0.3) is 10.9 Å². The van der Waals surface area contributed by atoms with Crippen LogP contribution in [0.5, 0.6) is 17.4 Å². The maximum absolute atomic E-state index is 10.9. The fourth-order valence-corrected chi connectivity index (χ4v) is 3.71. The summed E-state index contributed by atoms with van der Waals surface area (Å²) in [4.78, 5) is 4.03. The Morgan fingerprint density at radius 2 is 1.96 bits per heavy atom. The summed E-state index contributed by atoms with van der Waals surface area (Å²) < 4.78 is 12.7. The van der Waals surface area contributed by atoms with Gasteiger partial charge in [-0.25, -0.2) is 0 Å². The van der Waals surface area contributed by atoms with Crippen molar-refractivity contribution in [2.24, 2.45) is 10.2 Å². The molecule has 0 amide bonds. The number of azo groups is 1. The first kappa shape index (κ1) is 16.7. The lowest BCUT2D eigenvalue weighted by Crippen LogP contribution is -2.22. The molecule has 2 aromatic heterocycles. The van der Waals surface area contributed by atoms with Crippen molar-refractivity contribution < 1.29 is 14.6 Å². The summed E-state index contributed by atoms with van der Waals surface area (Å²) in [5.41, 5.74) is 1.89. The highest BCUT2D eigenvalue weighted by molar-refractivity contribution is 8.00. The van der Waals surface area contributed by atoms with Crippen LogP contribution in [-0.4, -0.2) is 40.4 Å². The minimum atomic E-state index is 0.105. The minimum absolute atomic E-state index is 0.105. The second-order valence-electron chi connectivity index (χ2n) is 5.87. The van der Waals surface area contributed by atoms with E-state index in [1.165, 1.54) is 0 Å². The average Bonchev–Trinajstić information content (AvgIpc) is 2.89. The van der Waals surface area contributed by atoms with Gasteiger partial charge in [-0.05, 0) is 18.2 Å². The zero-order chi connectivity index (χ0) is 18.1. The molecule has 0 atom stereocenters. The van der Waals surface area contributed by atoms with E-state index >= 15 is 0 Å². The van der Waals surface area contributed by atoms with Gasteiger partial charge in [-0.1, -0.05) is 0 Å². The van der Waals surface area contributed by atoms with Crippen molar-refractivity contribution in [1.82, 2.24) is 9.55 Å². The van der Waals surface area contributed by atoms with Crippen LogP contribution in [0.1, 0.15) is 6.04 Å². The number of rotatable bonds is 5. The van der Waals surface area contributed by atoms with Gasteiger partial charge in [0.1, 0.15) is 5.69 Å². The van der Waals surface area contributed by atoms with E-state index in [4.69, 9.17) is 9.47 Å². The lowest BCUT2D eigenvalue weighted by molar-refractivity contribution is 0.355. The Kier molecular flexibility index (Phi) is 4.42. The Bertz CT molecular complexity index is 968. The fourth-order valence-electron chi connectivity index (χ4n) is 2.97. The highest BCUT2D eigenvalue weighted by Gasteiger charge is 2.28. The number of aromatic hydroxyl groups is 1. The van der Waals surface area contributed by atoms with Gasteiger partial charge in [-0.2, -0.15) is 11.8 Å². The molecule has 4 rings (SSSR count). The van der Waals surface area contributed by atoms with E-state index in [2.05, 4.69) is 15.2 Å². The van der Waals surface area contributed by atoms with Crippen LogP contribution in [0.2, 0.25) is 0 Å². The molecule has 3 heterocycles. The first-order valence-corrected chi connectivity index (χ1v) is 9.26. The number of thioether (sulfide) groups is 1. The van der Waals surface area contributed by atoms with E-state index in [9.17, 15) is 5.11 Å². The van der Waals surface area contributed by atoms with Gasteiger partial charge in [0.2, 0.25) is 5.88 Å². The van der Waals surface area contributed by atoms with E-state index in [1.54, 1.807) is 38.7 Å². The molecule has 0 radical (unpaired) electrons. The highest BCUT2D eigenvalue weighted by Crippen LogP contribution is 2.47. The molecular weight excluding hydrogens is 352 g/mol. The zero-order valence-electron chi connectivity index (χ0n) is 14.4. The van der Waals surface area contributed by atoms with Crippen molar-refractivity contribution in [2.75, 3.05) is 25.7 Å². The van der Waals surface area contributed by atoms with E-state index in [1.807, 2.05) is 28.5 Å². The molecule has 1 aromatic carbocycles. The summed E-state index contributed by atoms with van der Waals surface area (Å²) in [7, 11) is 3.18. The van der Waals surface area contributed by atoms with Crippen molar-refractivity contribution in [2.45, 2.75) is 6.04 Å². The molecule has 0 aliphatic carbocycles. The summed E-state index contributed by atoms with van der Waals surface area (Å²) in [6, 6.07) is 7.52. The van der Waals surface area contributed by atoms with Crippen LogP contribution in [0.15, 0.2) is 46.9 Å². The van der Waals surface area contributed by atoms with E-state index in [-0.39, 0.29) is 11.9 Å². The summed E-state index contributed by atoms with van der Waals surface area (Å²) in [5.74, 6) is 3.20. The number of hydrogen-bond acceptors (Lipinski definition) is 7. The molecule has 3 aromatic rings. The second-order valence-corrected chi connectivity index (χ2v) is 6.94. The summed E-state index contributed by atoms with van der Waals surface area (Å²) in [6.07, 6.45) is 3.29. The SMILES string of the molecule is COc1cc2c(N=Nc3cccnc3)c(O)n(C3CSC3)c2cc1OC. The smallest absolute Gasteiger partial charge is 0.221 e. The monoisotopic (exact) mass is 370 g/mol. The molecule has 1 fully saturated rings. The molecule has 0 saturated carbocycles. The van der Waals surface area contributed by atoms with Crippen molar-refractivity contribution in [3.63, 3.8) is 0 Å². The molecule has 7 nitrogen and oxygen atoms in total. The zero-order valence-corrected chi connectivity index (χ0v) is 15.2. The van der Waals surface area contributed by atoms with Crippen LogP contribution in [0.3, 0.4) is 0 Å². The molecule has 1 aliphatic heterocycles. The van der Waals surface area contributed by atoms with Crippen molar-refractivity contribution >= 4 is 34.0 Å². The summed E-state index contributed by atoms with van der Waals surface area (Å²) in [5, 5.41) is 20.1. The molecule has 0 bridgehead atoms. The van der Waals surface area contributed by atoms with Crippen molar-refractivity contribution in [3.8, 4) is 17.4 Å². The third-order valence-electron chi connectivity index (χ3n) is 4.35. The van der Waals surface area contributed by atoms with Gasteiger partial charge in [-0.3, -0.25) is 4.98 Å². The second kappa shape index (κ2) is 6.87. The molecule has 134 valence electrons. The molecule has 0 unspecified atom stereocenters. The predicted molar refractivity (Wildman–Crippen MR) is 101 cm³/mol. The van der Waals surface area contributed by atoms with Crippen molar-refractivity contribution in [1.29, 1.82) is 0 Å². The summed E-state index contributed by atoms with van der Waals surface area (Å²) >= 11 is 1.84. The predicted octanol–water partition coefficient (Wildman–Crippen LogP) is 4.46. The standard InChI is InChI=1S/C18H18N4O3S/c1-24-15-6-13-14(7-16(15)25-2)22(12-9-26-10-12)18(23)17(13)21-20-11-4-3-5-19-8-11/h3-8,12,23H,9-10H2,1-2H3. The van der Waals surface area contributed by atoms with Crippen LogP contribution >= 0.6 is 11.8 Å². The molecule has 0 spiro atoms. The molecule has 8 heteroatoms. The Hall–Kier alpha value is -2.74. The van der Waals surface area contributed by atoms with Gasteiger partial charge < -0.3 is 19.1 Å². The van der Waals surface area contributed by atoms with Crippen molar-refractivity contribution in [3.05, 3.63) is 36.7 Å². The number of fused-ring (bicyclic) bond motifs is 1. The van der Waals surface area contributed by atoms with Crippen LogP contribution < -0.4 is 9.47 Å². The largest absolute Gasteiger partial charge is 0.493 e. The van der Waals surface area contributed by atoms with Gasteiger partial charge in [0.05, 0.1) is 32.0 Å². The van der Waals surface area contributed by atoms with Crippen LogP contribution in [0.4, 0.5) is 11.4 Å². The molecule has 1 aliphatic rings. The van der Waals surface area contributed by atoms with E-state index in [0.717, 1.165) is 22.4 Å². The number of methoxy groups -OCH3 is 2. The maximum Gasteiger partial charge on any atom is 0.221 e. The van der Waals surface area contributed by atoms with Gasteiger partial charge >= 0.3 is 0 Å². The van der Waals surface area contributed by atoms with E-state index in [0.29, 0.717) is 22.9 Å². The van der Waals surface area contributed by atoms with E-state index < -0.39 is 0 Å². The molecule has 1 N–H and O–H groups in total. The lowest BCUT2D eigenvalue weighted by Gasteiger charge is -2.28. The molecule has 26 heavy (non-hydrogen) atoms. The Morgan fingerprint density at radius 3 is 2.58 bits per heavy atom. The Balaban J connectivity index is 1.90. The number of hydrogen-bond donors (Lipinski definition) is 1. The van der Waals surface area contributed by atoms with Crippen LogP contribution in [0, 0.1) is 0 Å². The molecular formula is C18H18N4O3S. The quantitative estimate of drug-likeness (QED) is 0.671. The number of benzene rings is 1. The number of nitrogens with zero attached hydrogens (tertiary/aromatic N) is 4. The number of ether oxygens (including phenoxy) is 2. The number of aromatic nitrogens is 2. The average molecular weight is 370 g/mol. The Morgan fingerprint density at radius 1 is 1.19 bits per heavy atom. The van der Waals surface area contributed by atoms with Crippen LogP contribution in [-0.2, 0) is 0 Å². The Labute approximate surface area is 154 Å². The number of pyridine rings is 1. The lowest BCUT2D eigenvalue weighted by atomic mass is 10.2. The third kappa shape index (κ3) is 2.76. The maximum atomic E-state index is 10.9.